The van der Waals surface area contributed by atoms with Crippen LogP contribution in [0, 0.1) is 11.3 Å². The van der Waals surface area contributed by atoms with E-state index in [1.807, 2.05) is 0 Å². The summed E-state index contributed by atoms with van der Waals surface area (Å²) in [5.74, 6) is -0.570. The minimum absolute atomic E-state index is 0.0148. The molecule has 1 aromatic rings. The van der Waals surface area contributed by atoms with E-state index in [2.05, 4.69) is 4.74 Å². The molecule has 4 N–H and O–H groups in total. The van der Waals surface area contributed by atoms with E-state index >= 15 is 0 Å². The molecule has 0 aliphatic heterocycles. The number of nitriles is 1. The van der Waals surface area contributed by atoms with E-state index in [0.717, 1.165) is 18.2 Å². The fourth-order valence-corrected chi connectivity index (χ4v) is 1.42. The summed E-state index contributed by atoms with van der Waals surface area (Å²) >= 11 is 0. The summed E-state index contributed by atoms with van der Waals surface area (Å²) in [6, 6.07) is 4.59. The predicted molar refractivity (Wildman–Crippen MR) is 58.7 cm³/mol. The first-order chi connectivity index (χ1) is 8.74. The average molecular weight is 276 g/mol. The van der Waals surface area contributed by atoms with Crippen molar-refractivity contribution >= 4 is 5.69 Å². The average Bonchev–Trinajstić information content (AvgIpc) is 2.29. The maximum absolute atomic E-state index is 12.0. The highest BCUT2D eigenvalue weighted by Crippen LogP contribution is 2.31. The number of benzene rings is 1. The third-order valence-electron chi connectivity index (χ3n) is 2.28. The molecule has 0 amide bonds. The van der Waals surface area contributed by atoms with Crippen LogP contribution in [0.25, 0.3) is 0 Å². The summed E-state index contributed by atoms with van der Waals surface area (Å²) in [5.41, 5.74) is 5.35. The topological polar surface area (TPSA) is 99.5 Å². The van der Waals surface area contributed by atoms with Gasteiger partial charge in [-0.15, -0.1) is 13.2 Å². The van der Waals surface area contributed by atoms with Gasteiger partial charge in [0.25, 0.3) is 0 Å². The maximum atomic E-state index is 12.0. The van der Waals surface area contributed by atoms with Gasteiger partial charge in [0.15, 0.2) is 0 Å². The molecule has 104 valence electrons. The Hall–Kier alpha value is -1.98. The van der Waals surface area contributed by atoms with Gasteiger partial charge in [0.2, 0.25) is 0 Å². The summed E-state index contributed by atoms with van der Waals surface area (Å²) in [4.78, 5) is 0. The fourth-order valence-electron chi connectivity index (χ4n) is 1.42. The summed E-state index contributed by atoms with van der Waals surface area (Å²) < 4.78 is 39.8. The number of nitrogens with two attached hydrogens (primary N) is 1. The number of ether oxygens (including phenoxy) is 1. The Balaban J connectivity index is 3.00. The Labute approximate surface area is 106 Å². The highest BCUT2D eigenvalue weighted by Gasteiger charge is 2.31. The van der Waals surface area contributed by atoms with Crippen molar-refractivity contribution in [1.29, 1.82) is 5.26 Å². The van der Waals surface area contributed by atoms with Crippen molar-refractivity contribution in [2.24, 2.45) is 0 Å². The molecule has 2 unspecified atom stereocenters. The van der Waals surface area contributed by atoms with Gasteiger partial charge in [0, 0.05) is 11.3 Å². The molecule has 0 aliphatic carbocycles. The SMILES string of the molecule is N#CCC(O)C(O)c1cc(OC(F)(F)F)ccc1N. The second-order valence-electron chi connectivity index (χ2n) is 3.71. The van der Waals surface area contributed by atoms with Crippen LogP contribution in [-0.2, 0) is 0 Å². The molecule has 5 nitrogen and oxygen atoms in total. The zero-order chi connectivity index (χ0) is 14.6. The number of halogens is 3. The molecular formula is C11H11F3N2O3. The minimum Gasteiger partial charge on any atom is -0.406 e. The Morgan fingerprint density at radius 3 is 2.53 bits per heavy atom. The first-order valence-electron chi connectivity index (χ1n) is 5.13. The molecule has 0 aromatic heterocycles. The van der Waals surface area contributed by atoms with Crippen LogP contribution in [0.2, 0.25) is 0 Å². The molecule has 8 heteroatoms. The number of aliphatic hydroxyl groups is 2. The van der Waals surface area contributed by atoms with Crippen molar-refractivity contribution in [3.05, 3.63) is 23.8 Å². The molecule has 0 spiro atoms. The lowest BCUT2D eigenvalue weighted by Gasteiger charge is -2.18. The summed E-state index contributed by atoms with van der Waals surface area (Å²) in [5, 5.41) is 27.5. The van der Waals surface area contributed by atoms with Crippen LogP contribution in [0.3, 0.4) is 0 Å². The van der Waals surface area contributed by atoms with Gasteiger partial charge in [-0.2, -0.15) is 5.26 Å². The molecule has 0 fully saturated rings. The number of rotatable bonds is 4. The Kier molecular flexibility index (Phi) is 4.58. The lowest BCUT2D eigenvalue weighted by atomic mass is 10.0. The minimum atomic E-state index is -4.87. The van der Waals surface area contributed by atoms with E-state index in [4.69, 9.17) is 11.0 Å². The molecule has 1 rings (SSSR count). The van der Waals surface area contributed by atoms with E-state index in [1.54, 1.807) is 6.07 Å². The number of nitrogens with zero attached hydrogens (tertiary/aromatic N) is 1. The van der Waals surface area contributed by atoms with Crippen LogP contribution >= 0.6 is 0 Å². The van der Waals surface area contributed by atoms with Gasteiger partial charge in [-0.3, -0.25) is 0 Å². The molecule has 0 saturated heterocycles. The van der Waals surface area contributed by atoms with Gasteiger partial charge in [-0.05, 0) is 18.2 Å². The van der Waals surface area contributed by atoms with Crippen molar-refractivity contribution in [2.75, 3.05) is 5.73 Å². The van der Waals surface area contributed by atoms with Gasteiger partial charge >= 0.3 is 6.36 Å². The number of hydrogen-bond donors (Lipinski definition) is 3. The fraction of sp³-hybridized carbons (Fsp3) is 0.364. The lowest BCUT2D eigenvalue weighted by Crippen LogP contribution is -2.20. The predicted octanol–water partition coefficient (Wildman–Crippen LogP) is 1.48. The van der Waals surface area contributed by atoms with Crippen LogP contribution in [-0.4, -0.2) is 22.7 Å². The Bertz CT molecular complexity index is 485. The zero-order valence-electron chi connectivity index (χ0n) is 9.55. The maximum Gasteiger partial charge on any atom is 0.573 e. The van der Waals surface area contributed by atoms with Crippen molar-refractivity contribution in [1.82, 2.24) is 0 Å². The highest BCUT2D eigenvalue weighted by atomic mass is 19.4. The van der Waals surface area contributed by atoms with E-state index in [1.165, 1.54) is 0 Å². The third kappa shape index (κ3) is 4.31. The summed E-state index contributed by atoms with van der Waals surface area (Å²) in [6.45, 7) is 0. The number of anilines is 1. The summed E-state index contributed by atoms with van der Waals surface area (Å²) in [7, 11) is 0. The van der Waals surface area contributed by atoms with Gasteiger partial charge in [-0.1, -0.05) is 0 Å². The van der Waals surface area contributed by atoms with Crippen molar-refractivity contribution < 1.29 is 28.1 Å². The van der Waals surface area contributed by atoms with Gasteiger partial charge < -0.3 is 20.7 Å². The second kappa shape index (κ2) is 5.77. The molecule has 2 atom stereocenters. The quantitative estimate of drug-likeness (QED) is 0.723. The second-order valence-corrected chi connectivity index (χ2v) is 3.71. The lowest BCUT2D eigenvalue weighted by molar-refractivity contribution is -0.274. The molecule has 0 saturated carbocycles. The molecule has 0 radical (unpaired) electrons. The van der Waals surface area contributed by atoms with E-state index in [-0.39, 0.29) is 17.7 Å². The van der Waals surface area contributed by atoms with E-state index < -0.39 is 24.3 Å². The third-order valence-corrected chi connectivity index (χ3v) is 2.28. The molecule has 0 aliphatic rings. The Morgan fingerprint density at radius 1 is 1.37 bits per heavy atom. The largest absolute Gasteiger partial charge is 0.573 e. The number of aliphatic hydroxyl groups excluding tert-OH is 2. The number of nitrogen functional groups attached to an aromatic ring is 1. The molecule has 19 heavy (non-hydrogen) atoms. The first kappa shape index (κ1) is 15.1. The zero-order valence-corrected chi connectivity index (χ0v) is 9.55. The molecule has 1 aromatic carbocycles. The van der Waals surface area contributed by atoms with Gasteiger partial charge in [-0.25, -0.2) is 0 Å². The highest BCUT2D eigenvalue weighted by molar-refractivity contribution is 5.52. The molecular weight excluding hydrogens is 265 g/mol. The van der Waals surface area contributed by atoms with Crippen molar-refractivity contribution in [2.45, 2.75) is 25.0 Å². The molecule has 0 heterocycles. The smallest absolute Gasteiger partial charge is 0.406 e. The summed E-state index contributed by atoms with van der Waals surface area (Å²) in [6.07, 6.45) is -8.28. The first-order valence-corrected chi connectivity index (χ1v) is 5.13. The van der Waals surface area contributed by atoms with Crippen LogP contribution in [0.15, 0.2) is 18.2 Å². The van der Waals surface area contributed by atoms with E-state index in [9.17, 15) is 23.4 Å². The van der Waals surface area contributed by atoms with Crippen molar-refractivity contribution in [3.63, 3.8) is 0 Å². The van der Waals surface area contributed by atoms with Crippen molar-refractivity contribution in [3.8, 4) is 11.8 Å². The van der Waals surface area contributed by atoms with Gasteiger partial charge in [0.1, 0.15) is 11.9 Å². The monoisotopic (exact) mass is 276 g/mol. The van der Waals surface area contributed by atoms with Crippen LogP contribution < -0.4 is 10.5 Å². The standard InChI is InChI=1S/C11H11F3N2O3/c12-11(13,14)19-6-1-2-8(16)7(5-6)10(18)9(17)3-4-15/h1-2,5,9-10,17-18H,3,16H2. The molecule has 0 bridgehead atoms. The van der Waals surface area contributed by atoms with Crippen LogP contribution in [0.5, 0.6) is 5.75 Å². The van der Waals surface area contributed by atoms with Crippen LogP contribution in [0.1, 0.15) is 18.1 Å². The number of hydrogen-bond acceptors (Lipinski definition) is 5. The van der Waals surface area contributed by atoms with Crippen LogP contribution in [0.4, 0.5) is 18.9 Å². The van der Waals surface area contributed by atoms with E-state index in [0.29, 0.717) is 0 Å². The van der Waals surface area contributed by atoms with Gasteiger partial charge in [0.05, 0.1) is 18.6 Å². The normalized spacial score (nSPS) is 14.5. The Morgan fingerprint density at radius 2 is 2.00 bits per heavy atom. The number of alkyl halides is 3.